The molecule has 0 saturated carbocycles. The molecule has 0 aromatic carbocycles. The summed E-state index contributed by atoms with van der Waals surface area (Å²) >= 11 is 0. The van der Waals surface area contributed by atoms with Gasteiger partial charge in [-0.3, -0.25) is 4.98 Å². The third-order valence-corrected chi connectivity index (χ3v) is 3.26. The molecule has 0 radical (unpaired) electrons. The lowest BCUT2D eigenvalue weighted by Crippen LogP contribution is -2.42. The van der Waals surface area contributed by atoms with Crippen LogP contribution in [0.25, 0.3) is 0 Å². The summed E-state index contributed by atoms with van der Waals surface area (Å²) in [5.41, 5.74) is 0. The SMILES string of the molecule is c1cnc(OC2CC3CCC(C2)N3)cn1. The van der Waals surface area contributed by atoms with Crippen molar-refractivity contribution in [3.05, 3.63) is 18.6 Å². The van der Waals surface area contributed by atoms with Crippen LogP contribution in [-0.2, 0) is 0 Å². The van der Waals surface area contributed by atoms with Gasteiger partial charge in [-0.1, -0.05) is 0 Å². The molecule has 0 aliphatic carbocycles. The Morgan fingerprint density at radius 3 is 2.67 bits per heavy atom. The van der Waals surface area contributed by atoms with E-state index in [0.29, 0.717) is 24.1 Å². The lowest BCUT2D eigenvalue weighted by molar-refractivity contribution is 0.131. The molecule has 4 nitrogen and oxygen atoms in total. The zero-order valence-electron chi connectivity index (χ0n) is 8.60. The van der Waals surface area contributed by atoms with Crippen molar-refractivity contribution in [1.82, 2.24) is 15.3 Å². The van der Waals surface area contributed by atoms with Crippen LogP contribution in [0.15, 0.2) is 18.6 Å². The average molecular weight is 205 g/mol. The van der Waals surface area contributed by atoms with Gasteiger partial charge in [-0.05, 0) is 25.7 Å². The lowest BCUT2D eigenvalue weighted by Gasteiger charge is -2.28. The first-order valence-corrected chi connectivity index (χ1v) is 5.59. The molecule has 2 fully saturated rings. The number of aromatic nitrogens is 2. The van der Waals surface area contributed by atoms with E-state index in [2.05, 4.69) is 15.3 Å². The molecule has 0 spiro atoms. The number of hydrogen-bond donors (Lipinski definition) is 1. The van der Waals surface area contributed by atoms with E-state index in [0.717, 1.165) is 12.8 Å². The van der Waals surface area contributed by atoms with E-state index in [1.807, 2.05) is 0 Å². The zero-order chi connectivity index (χ0) is 10.1. The molecule has 1 aromatic heterocycles. The van der Waals surface area contributed by atoms with Gasteiger partial charge in [0.15, 0.2) is 0 Å². The number of nitrogens with one attached hydrogen (secondary N) is 1. The minimum Gasteiger partial charge on any atom is -0.473 e. The quantitative estimate of drug-likeness (QED) is 0.786. The van der Waals surface area contributed by atoms with Gasteiger partial charge in [0.1, 0.15) is 6.10 Å². The maximum Gasteiger partial charge on any atom is 0.232 e. The number of rotatable bonds is 2. The third kappa shape index (κ3) is 1.95. The summed E-state index contributed by atoms with van der Waals surface area (Å²) in [6.45, 7) is 0. The molecule has 2 aliphatic heterocycles. The Hall–Kier alpha value is -1.16. The van der Waals surface area contributed by atoms with E-state index in [9.17, 15) is 0 Å². The minimum absolute atomic E-state index is 0.320. The highest BCUT2D eigenvalue weighted by molar-refractivity contribution is 5.04. The van der Waals surface area contributed by atoms with Gasteiger partial charge in [0.05, 0.1) is 6.20 Å². The Morgan fingerprint density at radius 2 is 2.00 bits per heavy atom. The van der Waals surface area contributed by atoms with Crippen molar-refractivity contribution in [1.29, 1.82) is 0 Å². The summed E-state index contributed by atoms with van der Waals surface area (Å²) in [7, 11) is 0. The van der Waals surface area contributed by atoms with Crippen LogP contribution in [0.3, 0.4) is 0 Å². The van der Waals surface area contributed by atoms with Crippen LogP contribution in [0.4, 0.5) is 0 Å². The molecule has 0 amide bonds. The second-order valence-electron chi connectivity index (χ2n) is 4.39. The average Bonchev–Trinajstić information content (AvgIpc) is 2.60. The lowest BCUT2D eigenvalue weighted by atomic mass is 10.0. The molecule has 2 saturated heterocycles. The number of hydrogen-bond acceptors (Lipinski definition) is 4. The van der Waals surface area contributed by atoms with Crippen LogP contribution in [0.5, 0.6) is 5.88 Å². The van der Waals surface area contributed by atoms with Gasteiger partial charge in [0.25, 0.3) is 0 Å². The summed E-state index contributed by atoms with van der Waals surface area (Å²) in [4.78, 5) is 8.14. The molecule has 2 unspecified atom stereocenters. The molecule has 2 atom stereocenters. The number of ether oxygens (including phenoxy) is 1. The van der Waals surface area contributed by atoms with Crippen LogP contribution < -0.4 is 10.1 Å². The normalized spacial score (nSPS) is 34.0. The third-order valence-electron chi connectivity index (χ3n) is 3.26. The highest BCUT2D eigenvalue weighted by Gasteiger charge is 2.34. The standard InChI is InChI=1S/C11H15N3O/c1-2-9-6-10(5-8(1)14-9)15-11-7-12-3-4-13-11/h3-4,7-10,14H,1-2,5-6H2. The number of nitrogens with zero attached hydrogens (tertiary/aromatic N) is 2. The van der Waals surface area contributed by atoms with E-state index in [-0.39, 0.29) is 0 Å². The maximum absolute atomic E-state index is 5.82. The molecule has 1 N–H and O–H groups in total. The minimum atomic E-state index is 0.320. The summed E-state index contributed by atoms with van der Waals surface area (Å²) in [6.07, 6.45) is 10.1. The largest absolute Gasteiger partial charge is 0.473 e. The van der Waals surface area contributed by atoms with Gasteiger partial charge in [0, 0.05) is 24.5 Å². The highest BCUT2D eigenvalue weighted by Crippen LogP contribution is 2.28. The second-order valence-corrected chi connectivity index (χ2v) is 4.39. The first-order chi connectivity index (χ1) is 7.40. The van der Waals surface area contributed by atoms with E-state index < -0.39 is 0 Å². The monoisotopic (exact) mass is 205 g/mol. The molecule has 80 valence electrons. The van der Waals surface area contributed by atoms with Crippen molar-refractivity contribution >= 4 is 0 Å². The molecule has 1 aromatic rings. The van der Waals surface area contributed by atoms with Crippen molar-refractivity contribution in [2.45, 2.75) is 43.9 Å². The van der Waals surface area contributed by atoms with Crippen LogP contribution in [0.1, 0.15) is 25.7 Å². The molecular weight excluding hydrogens is 190 g/mol. The molecule has 2 aliphatic rings. The molecule has 4 heteroatoms. The first-order valence-electron chi connectivity index (χ1n) is 5.59. The molecule has 3 rings (SSSR count). The van der Waals surface area contributed by atoms with Crippen LogP contribution in [0.2, 0.25) is 0 Å². The fourth-order valence-corrected chi connectivity index (χ4v) is 2.62. The summed E-state index contributed by atoms with van der Waals surface area (Å²) in [6, 6.07) is 1.32. The van der Waals surface area contributed by atoms with Gasteiger partial charge in [-0.15, -0.1) is 0 Å². The van der Waals surface area contributed by atoms with E-state index in [4.69, 9.17) is 4.74 Å². The van der Waals surface area contributed by atoms with Crippen molar-refractivity contribution in [2.24, 2.45) is 0 Å². The molecule has 3 heterocycles. The van der Waals surface area contributed by atoms with Crippen molar-refractivity contribution in [2.75, 3.05) is 0 Å². The predicted octanol–water partition coefficient (Wildman–Crippen LogP) is 1.14. The van der Waals surface area contributed by atoms with Crippen molar-refractivity contribution in [3.63, 3.8) is 0 Å². The van der Waals surface area contributed by atoms with Crippen molar-refractivity contribution < 1.29 is 4.74 Å². The van der Waals surface area contributed by atoms with Gasteiger partial charge < -0.3 is 10.1 Å². The molecule has 15 heavy (non-hydrogen) atoms. The Kier molecular flexibility index (Phi) is 2.29. The van der Waals surface area contributed by atoms with Gasteiger partial charge in [-0.25, -0.2) is 4.98 Å². The van der Waals surface area contributed by atoms with E-state index >= 15 is 0 Å². The van der Waals surface area contributed by atoms with Crippen molar-refractivity contribution in [3.8, 4) is 5.88 Å². The van der Waals surface area contributed by atoms with Gasteiger partial charge >= 0.3 is 0 Å². The first kappa shape index (κ1) is 9.09. The summed E-state index contributed by atoms with van der Waals surface area (Å²) in [5.74, 6) is 0.656. The topological polar surface area (TPSA) is 47.0 Å². The fourth-order valence-electron chi connectivity index (χ4n) is 2.62. The second kappa shape index (κ2) is 3.77. The van der Waals surface area contributed by atoms with E-state index in [1.165, 1.54) is 12.8 Å². The Balaban J connectivity index is 1.65. The van der Waals surface area contributed by atoms with Crippen LogP contribution in [-0.4, -0.2) is 28.2 Å². The van der Waals surface area contributed by atoms with Gasteiger partial charge in [-0.2, -0.15) is 0 Å². The molecular formula is C11H15N3O. The highest BCUT2D eigenvalue weighted by atomic mass is 16.5. The Bertz CT molecular complexity index is 318. The van der Waals surface area contributed by atoms with Crippen LogP contribution >= 0.6 is 0 Å². The maximum atomic E-state index is 5.82. The van der Waals surface area contributed by atoms with Crippen LogP contribution in [0, 0.1) is 0 Å². The number of fused-ring (bicyclic) bond motifs is 2. The summed E-state index contributed by atoms with van der Waals surface area (Å²) < 4.78 is 5.82. The Morgan fingerprint density at radius 1 is 1.20 bits per heavy atom. The number of piperidine rings is 1. The Labute approximate surface area is 89.1 Å². The fraction of sp³-hybridized carbons (Fsp3) is 0.636. The predicted molar refractivity (Wildman–Crippen MR) is 55.6 cm³/mol. The van der Waals surface area contributed by atoms with Gasteiger partial charge in [0.2, 0.25) is 5.88 Å². The van der Waals surface area contributed by atoms with E-state index in [1.54, 1.807) is 18.6 Å². The zero-order valence-corrected chi connectivity index (χ0v) is 8.60. The summed E-state index contributed by atoms with van der Waals surface area (Å²) in [5, 5.41) is 3.59. The molecule has 2 bridgehead atoms. The smallest absolute Gasteiger partial charge is 0.232 e.